The molecule has 0 spiro atoms. The zero-order valence-corrected chi connectivity index (χ0v) is 11.3. The SMILES string of the molecule is CCCn1nccc1C1CC(=O)NC1C(=O)OCC. The number of nitrogens with one attached hydrogen (secondary N) is 1. The van der Waals surface area contributed by atoms with Gasteiger partial charge in [-0.25, -0.2) is 4.79 Å². The van der Waals surface area contributed by atoms with E-state index in [1.165, 1.54) is 0 Å². The summed E-state index contributed by atoms with van der Waals surface area (Å²) in [5.41, 5.74) is 0.915. The van der Waals surface area contributed by atoms with Crippen LogP contribution in [0.2, 0.25) is 0 Å². The number of esters is 1. The maximum absolute atomic E-state index is 11.9. The lowest BCUT2D eigenvalue weighted by molar-refractivity contribution is -0.146. The Hall–Kier alpha value is -1.85. The van der Waals surface area contributed by atoms with Gasteiger partial charge in [-0.3, -0.25) is 9.48 Å². The highest BCUT2D eigenvalue weighted by atomic mass is 16.5. The van der Waals surface area contributed by atoms with E-state index in [-0.39, 0.29) is 17.8 Å². The first-order chi connectivity index (χ1) is 9.17. The molecule has 6 nitrogen and oxygen atoms in total. The van der Waals surface area contributed by atoms with Gasteiger partial charge in [-0.2, -0.15) is 5.10 Å². The molecule has 1 aliphatic heterocycles. The number of hydrogen-bond donors (Lipinski definition) is 1. The van der Waals surface area contributed by atoms with Crippen molar-refractivity contribution < 1.29 is 14.3 Å². The van der Waals surface area contributed by atoms with Crippen molar-refractivity contribution in [3.8, 4) is 0 Å². The summed E-state index contributed by atoms with van der Waals surface area (Å²) in [4.78, 5) is 23.5. The third kappa shape index (κ3) is 2.77. The number of ether oxygens (including phenoxy) is 1. The molecule has 1 aliphatic rings. The summed E-state index contributed by atoms with van der Waals surface area (Å²) in [7, 11) is 0. The molecule has 1 aromatic rings. The van der Waals surface area contributed by atoms with Gasteiger partial charge in [0.15, 0.2) is 0 Å². The van der Waals surface area contributed by atoms with Gasteiger partial charge in [-0.05, 0) is 19.4 Å². The largest absolute Gasteiger partial charge is 0.464 e. The number of aromatic nitrogens is 2. The summed E-state index contributed by atoms with van der Waals surface area (Å²) >= 11 is 0. The summed E-state index contributed by atoms with van der Waals surface area (Å²) in [6, 6.07) is 1.27. The molecule has 2 heterocycles. The second-order valence-electron chi connectivity index (χ2n) is 4.59. The minimum absolute atomic E-state index is 0.118. The first-order valence-corrected chi connectivity index (χ1v) is 6.65. The topological polar surface area (TPSA) is 73.2 Å². The zero-order valence-electron chi connectivity index (χ0n) is 11.3. The summed E-state index contributed by atoms with van der Waals surface area (Å²) in [6.07, 6.45) is 2.96. The normalized spacial score (nSPS) is 22.3. The molecule has 2 unspecified atom stereocenters. The molecule has 2 rings (SSSR count). The lowest BCUT2D eigenvalue weighted by Crippen LogP contribution is -2.38. The van der Waals surface area contributed by atoms with Crippen molar-refractivity contribution in [2.75, 3.05) is 6.61 Å². The Kier molecular flexibility index (Phi) is 4.19. The average Bonchev–Trinajstić information content (AvgIpc) is 2.96. The van der Waals surface area contributed by atoms with Gasteiger partial charge >= 0.3 is 5.97 Å². The molecule has 0 bridgehead atoms. The van der Waals surface area contributed by atoms with E-state index in [0.29, 0.717) is 13.0 Å². The Labute approximate surface area is 112 Å². The van der Waals surface area contributed by atoms with Gasteiger partial charge in [0.2, 0.25) is 5.91 Å². The number of amides is 1. The smallest absolute Gasteiger partial charge is 0.329 e. The summed E-state index contributed by atoms with van der Waals surface area (Å²) < 4.78 is 6.88. The van der Waals surface area contributed by atoms with Crippen LogP contribution in [0.3, 0.4) is 0 Å². The van der Waals surface area contributed by atoms with E-state index in [0.717, 1.165) is 18.7 Å². The van der Waals surface area contributed by atoms with Crippen LogP contribution in [-0.2, 0) is 20.9 Å². The van der Waals surface area contributed by atoms with Crippen molar-refractivity contribution in [1.29, 1.82) is 0 Å². The molecule has 1 N–H and O–H groups in total. The van der Waals surface area contributed by atoms with Gasteiger partial charge in [-0.1, -0.05) is 6.92 Å². The van der Waals surface area contributed by atoms with Gasteiger partial charge in [-0.15, -0.1) is 0 Å². The molecule has 1 fully saturated rings. The van der Waals surface area contributed by atoms with Crippen LogP contribution in [0.1, 0.15) is 38.3 Å². The van der Waals surface area contributed by atoms with Crippen molar-refractivity contribution in [2.24, 2.45) is 0 Å². The monoisotopic (exact) mass is 265 g/mol. The number of nitrogens with zero attached hydrogens (tertiary/aromatic N) is 2. The molecule has 0 saturated carbocycles. The fourth-order valence-corrected chi connectivity index (χ4v) is 2.44. The zero-order chi connectivity index (χ0) is 13.8. The second kappa shape index (κ2) is 5.86. The van der Waals surface area contributed by atoms with Crippen LogP contribution < -0.4 is 5.32 Å². The van der Waals surface area contributed by atoms with E-state index in [1.54, 1.807) is 13.1 Å². The molecular weight excluding hydrogens is 246 g/mol. The van der Waals surface area contributed by atoms with Gasteiger partial charge in [0.1, 0.15) is 6.04 Å². The predicted octanol–water partition coefficient (Wildman–Crippen LogP) is 0.828. The lowest BCUT2D eigenvalue weighted by atomic mass is 9.96. The van der Waals surface area contributed by atoms with E-state index in [9.17, 15) is 9.59 Å². The highest BCUT2D eigenvalue weighted by Gasteiger charge is 2.40. The number of carbonyl (C=O) groups excluding carboxylic acids is 2. The molecule has 1 amide bonds. The highest BCUT2D eigenvalue weighted by Crippen LogP contribution is 2.29. The van der Waals surface area contributed by atoms with Gasteiger partial charge in [0.05, 0.1) is 6.61 Å². The van der Waals surface area contributed by atoms with E-state index in [2.05, 4.69) is 17.3 Å². The Morgan fingerprint density at radius 1 is 1.58 bits per heavy atom. The molecule has 1 aromatic heterocycles. The molecule has 2 atom stereocenters. The van der Waals surface area contributed by atoms with Crippen LogP contribution in [0, 0.1) is 0 Å². The van der Waals surface area contributed by atoms with Crippen LogP contribution >= 0.6 is 0 Å². The summed E-state index contributed by atoms with van der Waals surface area (Å²) in [6.45, 7) is 4.91. The highest BCUT2D eigenvalue weighted by molar-refractivity contribution is 5.90. The molecule has 0 aliphatic carbocycles. The van der Waals surface area contributed by atoms with Crippen molar-refractivity contribution >= 4 is 11.9 Å². The average molecular weight is 265 g/mol. The Morgan fingerprint density at radius 2 is 2.37 bits per heavy atom. The molecule has 0 radical (unpaired) electrons. The predicted molar refractivity (Wildman–Crippen MR) is 68.4 cm³/mol. The van der Waals surface area contributed by atoms with Gasteiger partial charge in [0, 0.05) is 30.8 Å². The van der Waals surface area contributed by atoms with E-state index in [4.69, 9.17) is 4.74 Å². The van der Waals surface area contributed by atoms with Crippen LogP contribution in [0.15, 0.2) is 12.3 Å². The number of hydrogen-bond acceptors (Lipinski definition) is 4. The van der Waals surface area contributed by atoms with Crippen LogP contribution in [0.25, 0.3) is 0 Å². The molecular formula is C13H19N3O3. The first kappa shape index (κ1) is 13.6. The molecule has 6 heteroatoms. The van der Waals surface area contributed by atoms with Gasteiger partial charge < -0.3 is 10.1 Å². The molecule has 19 heavy (non-hydrogen) atoms. The van der Waals surface area contributed by atoms with Crippen LogP contribution in [-0.4, -0.2) is 34.3 Å². The fraction of sp³-hybridized carbons (Fsp3) is 0.615. The maximum atomic E-state index is 11.9. The quantitative estimate of drug-likeness (QED) is 0.800. The van der Waals surface area contributed by atoms with E-state index in [1.807, 2.05) is 10.7 Å². The van der Waals surface area contributed by atoms with E-state index >= 15 is 0 Å². The Bertz CT molecular complexity index is 469. The lowest BCUT2D eigenvalue weighted by Gasteiger charge is -2.18. The minimum Gasteiger partial charge on any atom is -0.464 e. The summed E-state index contributed by atoms with van der Waals surface area (Å²) in [5, 5.41) is 6.93. The van der Waals surface area contributed by atoms with Crippen molar-refractivity contribution in [3.63, 3.8) is 0 Å². The minimum atomic E-state index is -0.597. The second-order valence-corrected chi connectivity index (χ2v) is 4.59. The van der Waals surface area contributed by atoms with E-state index < -0.39 is 6.04 Å². The standard InChI is InChI=1S/C13H19N3O3/c1-3-7-16-10(5-6-14-16)9-8-11(17)15-12(9)13(18)19-4-2/h5-6,9,12H,3-4,7-8H2,1-2H3,(H,15,17). The maximum Gasteiger partial charge on any atom is 0.329 e. The number of carbonyl (C=O) groups is 2. The van der Waals surface area contributed by atoms with Crippen LogP contribution in [0.5, 0.6) is 0 Å². The van der Waals surface area contributed by atoms with Gasteiger partial charge in [0.25, 0.3) is 0 Å². The Balaban J connectivity index is 2.22. The first-order valence-electron chi connectivity index (χ1n) is 6.65. The molecule has 1 saturated heterocycles. The molecule has 104 valence electrons. The van der Waals surface area contributed by atoms with Crippen molar-refractivity contribution in [3.05, 3.63) is 18.0 Å². The van der Waals surface area contributed by atoms with Crippen LogP contribution in [0.4, 0.5) is 0 Å². The third-order valence-electron chi connectivity index (χ3n) is 3.23. The fourth-order valence-electron chi connectivity index (χ4n) is 2.44. The summed E-state index contributed by atoms with van der Waals surface area (Å²) in [5.74, 6) is -0.685. The molecule has 0 aromatic carbocycles. The number of rotatable bonds is 5. The Morgan fingerprint density at radius 3 is 3.05 bits per heavy atom. The van der Waals surface area contributed by atoms with Crippen molar-refractivity contribution in [1.82, 2.24) is 15.1 Å². The number of aryl methyl sites for hydroxylation is 1. The third-order valence-corrected chi connectivity index (χ3v) is 3.23. The van der Waals surface area contributed by atoms with Crippen molar-refractivity contribution in [2.45, 2.75) is 45.2 Å².